The molecule has 2 fully saturated rings. The van der Waals surface area contributed by atoms with E-state index in [1.54, 1.807) is 14.2 Å². The minimum Gasteiger partial charge on any atom is -0.493 e. The van der Waals surface area contributed by atoms with Gasteiger partial charge in [0.05, 0.1) is 33.5 Å². The summed E-state index contributed by atoms with van der Waals surface area (Å²) in [5.41, 5.74) is 1.32. The summed E-state index contributed by atoms with van der Waals surface area (Å²) in [4.78, 5) is 7.35. The Labute approximate surface area is 210 Å². The van der Waals surface area contributed by atoms with Crippen molar-refractivity contribution in [2.24, 2.45) is 4.99 Å². The van der Waals surface area contributed by atoms with Gasteiger partial charge in [-0.2, -0.15) is 0 Å². The van der Waals surface area contributed by atoms with Crippen LogP contribution in [0.25, 0.3) is 0 Å². The third-order valence-corrected chi connectivity index (χ3v) is 6.53. The molecule has 0 aromatic heterocycles. The normalized spacial score (nSPS) is 21.4. The van der Waals surface area contributed by atoms with E-state index in [9.17, 15) is 0 Å². The average Bonchev–Trinajstić information content (AvgIpc) is 2.81. The summed E-state index contributed by atoms with van der Waals surface area (Å²) in [6, 6.07) is 6.36. The number of nitrogens with zero attached hydrogens (tertiary/aromatic N) is 2. The van der Waals surface area contributed by atoms with Crippen LogP contribution in [-0.4, -0.2) is 77.6 Å². The second-order valence-electron chi connectivity index (χ2n) is 8.74. The topological polar surface area (TPSA) is 67.4 Å². The smallest absolute Gasteiger partial charge is 0.191 e. The molecule has 1 aliphatic heterocycles. The first-order valence-electron chi connectivity index (χ1n) is 11.6. The van der Waals surface area contributed by atoms with Gasteiger partial charge in [0, 0.05) is 31.6 Å². The summed E-state index contributed by atoms with van der Waals surface area (Å²) in [6.45, 7) is 7.19. The number of halogens is 1. The fourth-order valence-electron chi connectivity index (χ4n) is 4.71. The maximum Gasteiger partial charge on any atom is 0.191 e. The highest BCUT2D eigenvalue weighted by Gasteiger charge is 2.34. The van der Waals surface area contributed by atoms with Crippen molar-refractivity contribution in [3.8, 4) is 11.5 Å². The van der Waals surface area contributed by atoms with Gasteiger partial charge in [0.2, 0.25) is 0 Å². The molecule has 1 aromatic carbocycles. The van der Waals surface area contributed by atoms with E-state index in [1.165, 1.54) is 24.8 Å². The van der Waals surface area contributed by atoms with E-state index in [1.807, 2.05) is 6.07 Å². The van der Waals surface area contributed by atoms with Crippen LogP contribution in [0.4, 0.5) is 0 Å². The lowest BCUT2D eigenvalue weighted by Gasteiger charge is -2.37. The van der Waals surface area contributed by atoms with Crippen LogP contribution in [0.15, 0.2) is 23.2 Å². The van der Waals surface area contributed by atoms with Crippen molar-refractivity contribution in [1.29, 1.82) is 0 Å². The molecule has 1 unspecified atom stereocenters. The SMILES string of the molecule is CCNC(=NCC1(c2ccc(OC)c(OC)c2)CCCCC1)NCC1CN(C)CCO1.I. The predicted molar refractivity (Wildman–Crippen MR) is 141 cm³/mol. The van der Waals surface area contributed by atoms with Crippen LogP contribution in [0.5, 0.6) is 11.5 Å². The van der Waals surface area contributed by atoms with E-state index in [2.05, 4.69) is 41.6 Å². The molecule has 182 valence electrons. The molecule has 0 radical (unpaired) electrons. The fourth-order valence-corrected chi connectivity index (χ4v) is 4.71. The molecule has 1 aliphatic carbocycles. The maximum atomic E-state index is 5.90. The first kappa shape index (κ1) is 27.0. The van der Waals surface area contributed by atoms with Gasteiger partial charge in [0.1, 0.15) is 0 Å². The molecule has 0 bridgehead atoms. The molecule has 2 aliphatic rings. The summed E-state index contributed by atoms with van der Waals surface area (Å²) in [5.74, 6) is 2.43. The van der Waals surface area contributed by atoms with Gasteiger partial charge >= 0.3 is 0 Å². The van der Waals surface area contributed by atoms with Crippen molar-refractivity contribution >= 4 is 29.9 Å². The molecule has 1 aromatic rings. The van der Waals surface area contributed by atoms with E-state index >= 15 is 0 Å². The number of methoxy groups -OCH3 is 2. The number of benzene rings is 1. The zero-order valence-electron chi connectivity index (χ0n) is 20.1. The molecule has 1 saturated carbocycles. The van der Waals surface area contributed by atoms with Crippen molar-refractivity contribution < 1.29 is 14.2 Å². The Morgan fingerprint density at radius 3 is 2.56 bits per heavy atom. The van der Waals surface area contributed by atoms with Crippen LogP contribution in [0.3, 0.4) is 0 Å². The van der Waals surface area contributed by atoms with Crippen LogP contribution in [0.2, 0.25) is 0 Å². The zero-order valence-corrected chi connectivity index (χ0v) is 22.4. The lowest BCUT2D eigenvalue weighted by molar-refractivity contribution is -0.0161. The van der Waals surface area contributed by atoms with E-state index in [0.717, 1.165) is 69.6 Å². The van der Waals surface area contributed by atoms with E-state index in [-0.39, 0.29) is 35.5 Å². The van der Waals surface area contributed by atoms with Gasteiger partial charge in [-0.3, -0.25) is 4.99 Å². The molecular formula is C24H41IN4O3. The third kappa shape index (κ3) is 7.12. The van der Waals surface area contributed by atoms with Crippen LogP contribution in [0, 0.1) is 0 Å². The summed E-state index contributed by atoms with van der Waals surface area (Å²) < 4.78 is 16.9. The van der Waals surface area contributed by atoms with Crippen molar-refractivity contribution in [2.75, 3.05) is 60.6 Å². The molecule has 1 heterocycles. The zero-order chi connectivity index (χ0) is 22.1. The van der Waals surface area contributed by atoms with Crippen molar-refractivity contribution in [3.05, 3.63) is 23.8 Å². The molecule has 7 nitrogen and oxygen atoms in total. The number of nitrogens with one attached hydrogen (secondary N) is 2. The first-order chi connectivity index (χ1) is 15.1. The highest BCUT2D eigenvalue weighted by atomic mass is 127. The molecule has 2 N–H and O–H groups in total. The molecule has 32 heavy (non-hydrogen) atoms. The predicted octanol–water partition coefficient (Wildman–Crippen LogP) is 3.41. The molecule has 0 spiro atoms. The van der Waals surface area contributed by atoms with Gasteiger partial charge in [0.15, 0.2) is 17.5 Å². The monoisotopic (exact) mass is 560 g/mol. The number of likely N-dealkylation sites (N-methyl/N-ethyl adjacent to an activating group) is 1. The van der Waals surface area contributed by atoms with Crippen LogP contribution >= 0.6 is 24.0 Å². The number of rotatable bonds is 8. The number of aliphatic imine (C=N–C) groups is 1. The number of morpholine rings is 1. The third-order valence-electron chi connectivity index (χ3n) is 6.53. The number of guanidine groups is 1. The van der Waals surface area contributed by atoms with Crippen LogP contribution < -0.4 is 20.1 Å². The molecular weight excluding hydrogens is 519 g/mol. The van der Waals surface area contributed by atoms with Crippen molar-refractivity contribution in [1.82, 2.24) is 15.5 Å². The highest BCUT2D eigenvalue weighted by Crippen LogP contribution is 2.42. The van der Waals surface area contributed by atoms with E-state index in [0.29, 0.717) is 0 Å². The molecule has 1 atom stereocenters. The van der Waals surface area contributed by atoms with Gasteiger partial charge in [-0.25, -0.2) is 0 Å². The molecule has 3 rings (SSSR count). The van der Waals surface area contributed by atoms with E-state index in [4.69, 9.17) is 19.2 Å². The van der Waals surface area contributed by atoms with Crippen molar-refractivity contribution in [2.45, 2.75) is 50.5 Å². The van der Waals surface area contributed by atoms with E-state index < -0.39 is 0 Å². The van der Waals surface area contributed by atoms with Gasteiger partial charge in [-0.05, 0) is 44.5 Å². The Hall–Kier alpha value is -1.26. The average molecular weight is 561 g/mol. The first-order valence-corrected chi connectivity index (χ1v) is 11.6. The standard InChI is InChI=1S/C24H40N4O3.HI/c1-5-25-23(26-16-20-17-28(2)13-14-31-20)27-18-24(11-7-6-8-12-24)19-9-10-21(29-3)22(15-19)30-4;/h9-10,15,20H,5-8,11-14,16-18H2,1-4H3,(H2,25,26,27);1H. The summed E-state index contributed by atoms with van der Waals surface area (Å²) in [7, 11) is 5.52. The quantitative estimate of drug-likeness (QED) is 0.289. The van der Waals surface area contributed by atoms with Gasteiger partial charge in [-0.1, -0.05) is 25.3 Å². The van der Waals surface area contributed by atoms with Crippen LogP contribution in [0.1, 0.15) is 44.6 Å². The van der Waals surface area contributed by atoms with Crippen molar-refractivity contribution in [3.63, 3.8) is 0 Å². The van der Waals surface area contributed by atoms with Gasteiger partial charge < -0.3 is 29.7 Å². The number of ether oxygens (including phenoxy) is 3. The second-order valence-corrected chi connectivity index (χ2v) is 8.74. The summed E-state index contributed by atoms with van der Waals surface area (Å²) in [6.07, 6.45) is 6.23. The second kappa shape index (κ2) is 13.4. The van der Waals surface area contributed by atoms with Gasteiger partial charge in [0.25, 0.3) is 0 Å². The maximum absolute atomic E-state index is 5.90. The highest BCUT2D eigenvalue weighted by molar-refractivity contribution is 14.0. The Balaban J connectivity index is 0.00000363. The Morgan fingerprint density at radius 2 is 1.91 bits per heavy atom. The molecule has 0 amide bonds. The molecule has 1 saturated heterocycles. The largest absolute Gasteiger partial charge is 0.493 e. The minimum atomic E-state index is 0. The molecule has 8 heteroatoms. The number of hydrogen-bond acceptors (Lipinski definition) is 5. The minimum absolute atomic E-state index is 0. The number of hydrogen-bond donors (Lipinski definition) is 2. The lowest BCUT2D eigenvalue weighted by Crippen LogP contribution is -2.48. The van der Waals surface area contributed by atoms with Gasteiger partial charge in [-0.15, -0.1) is 24.0 Å². The Morgan fingerprint density at radius 1 is 1.16 bits per heavy atom. The Kier molecular flexibility index (Phi) is 11.3. The lowest BCUT2D eigenvalue weighted by atomic mass is 9.69. The Bertz CT molecular complexity index is 725. The fraction of sp³-hybridized carbons (Fsp3) is 0.708. The summed E-state index contributed by atoms with van der Waals surface area (Å²) >= 11 is 0. The van der Waals surface area contributed by atoms with Crippen LogP contribution in [-0.2, 0) is 10.2 Å². The summed E-state index contributed by atoms with van der Waals surface area (Å²) in [5, 5.41) is 6.91.